The van der Waals surface area contributed by atoms with E-state index >= 15 is 0 Å². The van der Waals surface area contributed by atoms with Crippen LogP contribution in [-0.4, -0.2) is 28.6 Å². The molecule has 22 heavy (non-hydrogen) atoms. The van der Waals surface area contributed by atoms with Crippen LogP contribution in [0.1, 0.15) is 18.9 Å². The van der Waals surface area contributed by atoms with E-state index in [4.69, 9.17) is 0 Å². The minimum atomic E-state index is -0.717. The van der Waals surface area contributed by atoms with Gasteiger partial charge in [0.05, 0.1) is 5.75 Å². The van der Waals surface area contributed by atoms with E-state index < -0.39 is 11.8 Å². The van der Waals surface area contributed by atoms with Crippen LogP contribution in [0.3, 0.4) is 0 Å². The maximum atomic E-state index is 11.8. The molecule has 0 spiro atoms. The minimum Gasteiger partial charge on any atom is -0.325 e. The Morgan fingerprint density at radius 2 is 2.00 bits per heavy atom. The molecule has 0 bridgehead atoms. The zero-order valence-corrected chi connectivity index (χ0v) is 13.2. The number of nitrogens with one attached hydrogen (secondary N) is 2. The van der Waals surface area contributed by atoms with Crippen LogP contribution in [-0.2, 0) is 14.4 Å². The van der Waals surface area contributed by atoms with Crippen molar-refractivity contribution in [3.8, 4) is 0 Å². The Morgan fingerprint density at radius 3 is 2.59 bits per heavy atom. The zero-order chi connectivity index (χ0) is 16.1. The SMILES string of the molecule is CC[C@@H]1C(=O)N=C(SCC(=O)Nc2ccc(C)cc2)NC1=O. The fourth-order valence-electron chi connectivity index (χ4n) is 1.91. The van der Waals surface area contributed by atoms with Crippen molar-refractivity contribution in [2.45, 2.75) is 20.3 Å². The second kappa shape index (κ2) is 7.22. The molecule has 0 radical (unpaired) electrons. The molecule has 1 aromatic rings. The number of aryl methyl sites for hydroxylation is 1. The predicted molar refractivity (Wildman–Crippen MR) is 86.6 cm³/mol. The lowest BCUT2D eigenvalue weighted by Crippen LogP contribution is -2.42. The van der Waals surface area contributed by atoms with Crippen molar-refractivity contribution < 1.29 is 14.4 Å². The van der Waals surface area contributed by atoms with Crippen molar-refractivity contribution in [1.82, 2.24) is 5.32 Å². The smallest absolute Gasteiger partial charge is 0.260 e. The first-order valence-electron chi connectivity index (χ1n) is 6.92. The molecule has 1 heterocycles. The Kier molecular flexibility index (Phi) is 5.32. The molecule has 0 unspecified atom stereocenters. The highest BCUT2D eigenvalue weighted by Crippen LogP contribution is 2.15. The average molecular weight is 319 g/mol. The summed E-state index contributed by atoms with van der Waals surface area (Å²) in [6.45, 7) is 3.72. The van der Waals surface area contributed by atoms with Crippen LogP contribution < -0.4 is 10.6 Å². The number of benzene rings is 1. The molecule has 1 aliphatic rings. The molecule has 7 heteroatoms. The molecule has 6 nitrogen and oxygen atoms in total. The summed E-state index contributed by atoms with van der Waals surface area (Å²) in [5, 5.41) is 5.47. The Balaban J connectivity index is 1.87. The maximum absolute atomic E-state index is 11.8. The largest absolute Gasteiger partial charge is 0.325 e. The third-order valence-electron chi connectivity index (χ3n) is 3.14. The van der Waals surface area contributed by atoms with Gasteiger partial charge in [0.2, 0.25) is 11.8 Å². The molecule has 2 rings (SSSR count). The maximum Gasteiger partial charge on any atom is 0.260 e. The van der Waals surface area contributed by atoms with Gasteiger partial charge in [0.1, 0.15) is 5.92 Å². The number of aliphatic imine (C=N–C) groups is 1. The van der Waals surface area contributed by atoms with Crippen molar-refractivity contribution in [3.63, 3.8) is 0 Å². The number of amidine groups is 1. The van der Waals surface area contributed by atoms with Crippen LogP contribution in [0.2, 0.25) is 0 Å². The normalized spacial score (nSPS) is 17.7. The lowest BCUT2D eigenvalue weighted by atomic mass is 10.0. The van der Waals surface area contributed by atoms with Crippen LogP contribution in [0.25, 0.3) is 0 Å². The molecule has 0 saturated carbocycles. The highest BCUT2D eigenvalue weighted by atomic mass is 32.2. The van der Waals surface area contributed by atoms with Gasteiger partial charge < -0.3 is 10.6 Å². The van der Waals surface area contributed by atoms with Crippen molar-refractivity contribution in [1.29, 1.82) is 0 Å². The monoisotopic (exact) mass is 319 g/mol. The summed E-state index contributed by atoms with van der Waals surface area (Å²) >= 11 is 1.03. The van der Waals surface area contributed by atoms with Crippen LogP contribution in [0, 0.1) is 12.8 Å². The van der Waals surface area contributed by atoms with Gasteiger partial charge in [-0.3, -0.25) is 14.4 Å². The number of hydrogen-bond donors (Lipinski definition) is 2. The average Bonchev–Trinajstić information content (AvgIpc) is 2.47. The van der Waals surface area contributed by atoms with Crippen molar-refractivity contribution in [3.05, 3.63) is 29.8 Å². The third kappa shape index (κ3) is 4.17. The molecule has 1 aliphatic heterocycles. The number of carbonyl (C=O) groups excluding carboxylic acids is 3. The van der Waals surface area contributed by atoms with Crippen molar-refractivity contribution in [2.24, 2.45) is 10.9 Å². The van der Waals surface area contributed by atoms with Gasteiger partial charge in [0.25, 0.3) is 5.91 Å². The highest BCUT2D eigenvalue weighted by molar-refractivity contribution is 8.14. The lowest BCUT2D eigenvalue weighted by Gasteiger charge is -2.18. The third-order valence-corrected chi connectivity index (χ3v) is 4.01. The first-order valence-corrected chi connectivity index (χ1v) is 7.91. The first kappa shape index (κ1) is 16.2. The van der Waals surface area contributed by atoms with Gasteiger partial charge >= 0.3 is 0 Å². The lowest BCUT2D eigenvalue weighted by molar-refractivity contribution is -0.133. The van der Waals surface area contributed by atoms with Crippen LogP contribution in [0.5, 0.6) is 0 Å². The first-order chi connectivity index (χ1) is 10.5. The molecule has 2 N–H and O–H groups in total. The molecule has 3 amide bonds. The number of carbonyl (C=O) groups is 3. The summed E-state index contributed by atoms with van der Waals surface area (Å²) < 4.78 is 0. The summed E-state index contributed by atoms with van der Waals surface area (Å²) in [5.74, 6) is -1.69. The van der Waals surface area contributed by atoms with E-state index in [1.165, 1.54) is 0 Å². The Hall–Kier alpha value is -2.15. The molecule has 0 fully saturated rings. The van der Waals surface area contributed by atoms with Gasteiger partial charge in [0, 0.05) is 5.69 Å². The summed E-state index contributed by atoms with van der Waals surface area (Å²) in [6.07, 6.45) is 0.417. The van der Waals surface area contributed by atoms with Gasteiger partial charge in [0.15, 0.2) is 5.17 Å². The zero-order valence-electron chi connectivity index (χ0n) is 12.4. The Labute approximate surface area is 132 Å². The van der Waals surface area contributed by atoms with Crippen LogP contribution in [0.15, 0.2) is 29.3 Å². The standard InChI is InChI=1S/C15H17N3O3S/c1-3-11-13(20)17-15(18-14(11)21)22-8-12(19)16-10-6-4-9(2)5-7-10/h4-7,11H,3,8H2,1-2H3,(H,16,19)(H,17,18,20,21). The molecule has 0 aromatic heterocycles. The minimum absolute atomic E-state index is 0.0665. The van der Waals surface area contributed by atoms with Gasteiger partial charge in [-0.15, -0.1) is 0 Å². The van der Waals surface area contributed by atoms with Gasteiger partial charge in [-0.2, -0.15) is 4.99 Å². The summed E-state index contributed by atoms with van der Waals surface area (Å²) in [7, 11) is 0. The molecule has 0 aliphatic carbocycles. The molecule has 0 saturated heterocycles. The second-order valence-electron chi connectivity index (χ2n) is 4.91. The number of anilines is 1. The van der Waals surface area contributed by atoms with Gasteiger partial charge in [-0.25, -0.2) is 0 Å². The second-order valence-corrected chi connectivity index (χ2v) is 5.87. The molecule has 1 atom stereocenters. The van der Waals surface area contributed by atoms with Crippen LogP contribution in [0.4, 0.5) is 5.69 Å². The van der Waals surface area contributed by atoms with Crippen molar-refractivity contribution in [2.75, 3.05) is 11.1 Å². The van der Waals surface area contributed by atoms with E-state index in [1.54, 1.807) is 6.92 Å². The molecular weight excluding hydrogens is 302 g/mol. The summed E-state index contributed by atoms with van der Waals surface area (Å²) in [6, 6.07) is 7.43. The van der Waals surface area contributed by atoms with E-state index in [9.17, 15) is 14.4 Å². The fourth-order valence-corrected chi connectivity index (χ4v) is 2.57. The number of thioether (sulfide) groups is 1. The Bertz CT molecular complexity index is 625. The van der Waals surface area contributed by atoms with E-state index in [2.05, 4.69) is 15.6 Å². The van der Waals surface area contributed by atoms with Crippen molar-refractivity contribution >= 4 is 40.3 Å². The quantitative estimate of drug-likeness (QED) is 0.827. The topological polar surface area (TPSA) is 87.6 Å². The predicted octanol–water partition coefficient (Wildman–Crippen LogP) is 1.71. The number of hydrogen-bond acceptors (Lipinski definition) is 4. The van der Waals surface area contributed by atoms with Gasteiger partial charge in [-0.05, 0) is 25.5 Å². The van der Waals surface area contributed by atoms with E-state index in [-0.39, 0.29) is 22.7 Å². The van der Waals surface area contributed by atoms with E-state index in [0.29, 0.717) is 12.1 Å². The van der Waals surface area contributed by atoms with Gasteiger partial charge in [-0.1, -0.05) is 36.4 Å². The summed E-state index contributed by atoms with van der Waals surface area (Å²) in [4.78, 5) is 39.0. The number of amides is 3. The van der Waals surface area contributed by atoms with Crippen LogP contribution >= 0.6 is 11.8 Å². The fraction of sp³-hybridized carbons (Fsp3) is 0.333. The molecule has 1 aromatic carbocycles. The summed E-state index contributed by atoms with van der Waals surface area (Å²) in [5.41, 5.74) is 1.81. The van der Waals surface area contributed by atoms with E-state index in [1.807, 2.05) is 31.2 Å². The number of rotatable bonds is 4. The highest BCUT2D eigenvalue weighted by Gasteiger charge is 2.30. The van der Waals surface area contributed by atoms with E-state index in [0.717, 1.165) is 17.3 Å². The Morgan fingerprint density at radius 1 is 1.32 bits per heavy atom. The number of nitrogens with zero attached hydrogens (tertiary/aromatic N) is 1. The molecular formula is C15H17N3O3S. The molecule has 116 valence electrons.